The summed E-state index contributed by atoms with van der Waals surface area (Å²) >= 11 is 0. The number of aromatic amines is 1. The first-order valence-corrected chi connectivity index (χ1v) is 13.6. The zero-order chi connectivity index (χ0) is 25.9. The van der Waals surface area contributed by atoms with Crippen LogP contribution in [-0.4, -0.2) is 57.0 Å². The Kier molecular flexibility index (Phi) is 7.30. The van der Waals surface area contributed by atoms with Crippen LogP contribution in [0.25, 0.3) is 22.2 Å². The molecule has 0 aliphatic rings. The van der Waals surface area contributed by atoms with E-state index in [0.29, 0.717) is 34.7 Å². The molecule has 36 heavy (non-hydrogen) atoms. The number of H-pyrrole nitrogens is 1. The molecule has 0 fully saturated rings. The summed E-state index contributed by atoms with van der Waals surface area (Å²) in [6.45, 7) is 2.27. The number of imidazole rings is 1. The second-order valence-electron chi connectivity index (χ2n) is 8.46. The number of ether oxygens (including phenoxy) is 2. The first kappa shape index (κ1) is 25.2. The normalized spacial score (nSPS) is 12.8. The number of fused-ring (bicyclic) bond motifs is 1. The molecule has 0 spiro atoms. The van der Waals surface area contributed by atoms with E-state index >= 15 is 0 Å². The van der Waals surface area contributed by atoms with Crippen LogP contribution < -0.4 is 15.2 Å². The molecule has 1 atom stereocenters. The Morgan fingerprint density at radius 2 is 1.86 bits per heavy atom. The van der Waals surface area contributed by atoms with Crippen LogP contribution in [0, 0.1) is 0 Å². The van der Waals surface area contributed by atoms with Gasteiger partial charge in [-0.15, -0.1) is 0 Å². The number of rotatable bonds is 9. The van der Waals surface area contributed by atoms with Gasteiger partial charge < -0.3 is 14.5 Å². The van der Waals surface area contributed by atoms with Crippen molar-refractivity contribution in [3.8, 4) is 22.6 Å². The van der Waals surface area contributed by atoms with E-state index in [0.717, 1.165) is 22.9 Å². The summed E-state index contributed by atoms with van der Waals surface area (Å²) in [7, 11) is -0.190. The molecule has 0 radical (unpaired) electrons. The summed E-state index contributed by atoms with van der Waals surface area (Å²) in [5, 5.41) is 0. The maximum atomic E-state index is 13.2. The number of nitrogens with one attached hydrogen (secondary N) is 1. The van der Waals surface area contributed by atoms with E-state index in [1.54, 1.807) is 31.5 Å². The smallest absolute Gasteiger partial charge is 0.327 e. The second kappa shape index (κ2) is 10.4. The van der Waals surface area contributed by atoms with Crippen molar-refractivity contribution in [3.05, 3.63) is 82.3 Å². The van der Waals surface area contributed by atoms with E-state index in [1.165, 1.54) is 11.7 Å². The summed E-state index contributed by atoms with van der Waals surface area (Å²) in [5.74, 6) is 0.763. The van der Waals surface area contributed by atoms with Crippen molar-refractivity contribution in [2.45, 2.75) is 13.0 Å². The Labute approximate surface area is 210 Å². The van der Waals surface area contributed by atoms with Crippen molar-refractivity contribution < 1.29 is 17.9 Å². The number of aliphatic imine (C=N–C) groups is 1. The third-order valence-electron chi connectivity index (χ3n) is 5.90. The lowest BCUT2D eigenvalue weighted by atomic mass is 9.99. The van der Waals surface area contributed by atoms with Gasteiger partial charge in [-0.05, 0) is 47.9 Å². The van der Waals surface area contributed by atoms with Crippen molar-refractivity contribution in [2.75, 3.05) is 32.8 Å². The fraction of sp³-hybridized carbons (Fsp3) is 0.259. The minimum atomic E-state index is -3.45. The molecule has 1 N–H and O–H groups in total. The van der Waals surface area contributed by atoms with E-state index in [-0.39, 0.29) is 5.75 Å². The topological polar surface area (TPSA) is 103 Å². The van der Waals surface area contributed by atoms with Crippen LogP contribution in [0.1, 0.15) is 24.1 Å². The van der Waals surface area contributed by atoms with Crippen molar-refractivity contribution in [1.82, 2.24) is 9.55 Å². The maximum absolute atomic E-state index is 13.2. The SMILES string of the molecule is CCOc1cc([C@H](CS(C)(=O)=O)n2c(=O)[nH]c3cc(-c4ccccc4C=NC)ccc32)ccc1OC. The minimum absolute atomic E-state index is 0.255. The van der Waals surface area contributed by atoms with Crippen molar-refractivity contribution in [3.63, 3.8) is 0 Å². The molecule has 0 aliphatic carbocycles. The summed E-state index contributed by atoms with van der Waals surface area (Å²) in [5.41, 5.74) is 4.29. The van der Waals surface area contributed by atoms with Crippen LogP contribution in [0.4, 0.5) is 0 Å². The predicted octanol–water partition coefficient (Wildman–Crippen LogP) is 4.09. The van der Waals surface area contributed by atoms with E-state index in [4.69, 9.17) is 9.47 Å². The molecule has 4 aromatic rings. The number of aromatic nitrogens is 2. The second-order valence-corrected chi connectivity index (χ2v) is 10.6. The van der Waals surface area contributed by atoms with Gasteiger partial charge in [-0.1, -0.05) is 36.4 Å². The zero-order valence-electron chi connectivity index (χ0n) is 20.7. The van der Waals surface area contributed by atoms with Crippen LogP contribution >= 0.6 is 0 Å². The van der Waals surface area contributed by atoms with Gasteiger partial charge in [-0.2, -0.15) is 0 Å². The van der Waals surface area contributed by atoms with Crippen molar-refractivity contribution in [1.29, 1.82) is 0 Å². The van der Waals surface area contributed by atoms with Crippen LogP contribution in [0.3, 0.4) is 0 Å². The summed E-state index contributed by atoms with van der Waals surface area (Å²) in [6.07, 6.45) is 2.95. The fourth-order valence-corrected chi connectivity index (χ4v) is 5.31. The molecule has 1 aromatic heterocycles. The summed E-state index contributed by atoms with van der Waals surface area (Å²) in [6, 6.07) is 18.0. The third kappa shape index (κ3) is 5.21. The first-order valence-electron chi connectivity index (χ1n) is 11.5. The predicted molar refractivity (Wildman–Crippen MR) is 144 cm³/mol. The van der Waals surface area contributed by atoms with Gasteiger partial charge in [0.25, 0.3) is 0 Å². The molecular weight excluding hydrogens is 478 g/mol. The third-order valence-corrected chi connectivity index (χ3v) is 6.82. The molecule has 9 heteroatoms. The Hall–Kier alpha value is -3.85. The Balaban J connectivity index is 1.88. The number of methoxy groups -OCH3 is 1. The van der Waals surface area contributed by atoms with Crippen LogP contribution in [0.5, 0.6) is 11.5 Å². The van der Waals surface area contributed by atoms with Gasteiger partial charge in [0.15, 0.2) is 11.5 Å². The molecule has 0 amide bonds. The van der Waals surface area contributed by atoms with E-state index in [9.17, 15) is 13.2 Å². The summed E-state index contributed by atoms with van der Waals surface area (Å²) in [4.78, 5) is 20.3. The highest BCUT2D eigenvalue weighted by molar-refractivity contribution is 7.90. The van der Waals surface area contributed by atoms with E-state index in [1.807, 2.05) is 49.4 Å². The fourth-order valence-electron chi connectivity index (χ4n) is 4.40. The van der Waals surface area contributed by atoms with Crippen molar-refractivity contribution in [2.24, 2.45) is 4.99 Å². The van der Waals surface area contributed by atoms with Gasteiger partial charge in [0, 0.05) is 25.1 Å². The Morgan fingerprint density at radius 3 is 2.56 bits per heavy atom. The molecular formula is C27H29N3O5S. The molecule has 0 saturated carbocycles. The van der Waals surface area contributed by atoms with Crippen LogP contribution in [0.2, 0.25) is 0 Å². The molecule has 4 rings (SSSR count). The van der Waals surface area contributed by atoms with Gasteiger partial charge >= 0.3 is 5.69 Å². The Bertz CT molecular complexity index is 1580. The average Bonchev–Trinajstić information content (AvgIpc) is 3.17. The van der Waals surface area contributed by atoms with Crippen LogP contribution in [0.15, 0.2) is 70.5 Å². The molecule has 3 aromatic carbocycles. The lowest BCUT2D eigenvalue weighted by Gasteiger charge is -2.20. The number of benzene rings is 3. The highest BCUT2D eigenvalue weighted by Crippen LogP contribution is 2.33. The number of hydrogen-bond acceptors (Lipinski definition) is 6. The standard InChI is InChI=1S/C27H29N3O5S/c1-5-35-26-15-19(11-13-25(26)34-3)24(17-36(4,32)33)30-23-12-10-18(14-22(23)29-27(30)31)21-9-7-6-8-20(21)16-28-2/h6-16,24H,5,17H2,1-4H3,(H,29,31)/t24-/m0/s1. The Morgan fingerprint density at radius 1 is 1.08 bits per heavy atom. The highest BCUT2D eigenvalue weighted by Gasteiger charge is 2.25. The van der Waals surface area contributed by atoms with Gasteiger partial charge in [-0.25, -0.2) is 13.2 Å². The average molecular weight is 508 g/mol. The largest absolute Gasteiger partial charge is 0.493 e. The lowest BCUT2D eigenvalue weighted by molar-refractivity contribution is 0.310. The molecule has 0 aliphatic heterocycles. The molecule has 188 valence electrons. The van der Waals surface area contributed by atoms with Gasteiger partial charge in [0.1, 0.15) is 9.84 Å². The number of nitrogens with zero attached hydrogens (tertiary/aromatic N) is 2. The number of sulfone groups is 1. The number of hydrogen-bond donors (Lipinski definition) is 1. The molecule has 0 saturated heterocycles. The van der Waals surface area contributed by atoms with Gasteiger partial charge in [0.05, 0.1) is 36.5 Å². The van der Waals surface area contributed by atoms with Gasteiger partial charge in [-0.3, -0.25) is 9.56 Å². The molecule has 0 bridgehead atoms. The van der Waals surface area contributed by atoms with E-state index in [2.05, 4.69) is 9.98 Å². The zero-order valence-corrected chi connectivity index (χ0v) is 21.5. The monoisotopic (exact) mass is 507 g/mol. The van der Waals surface area contributed by atoms with Crippen molar-refractivity contribution >= 4 is 27.1 Å². The first-order chi connectivity index (χ1) is 17.3. The van der Waals surface area contributed by atoms with Crippen LogP contribution in [-0.2, 0) is 9.84 Å². The summed E-state index contributed by atoms with van der Waals surface area (Å²) < 4.78 is 37.4. The highest BCUT2D eigenvalue weighted by atomic mass is 32.2. The lowest BCUT2D eigenvalue weighted by Crippen LogP contribution is -2.28. The minimum Gasteiger partial charge on any atom is -0.493 e. The van der Waals surface area contributed by atoms with Gasteiger partial charge in [0.2, 0.25) is 0 Å². The van der Waals surface area contributed by atoms with E-state index < -0.39 is 21.6 Å². The molecule has 1 heterocycles. The molecule has 8 nitrogen and oxygen atoms in total. The quantitative estimate of drug-likeness (QED) is 0.344. The molecule has 0 unspecified atom stereocenters. The maximum Gasteiger partial charge on any atom is 0.327 e.